The molecule has 1 aromatic carbocycles. The molecular formula is C37H50F2N6O8. The fourth-order valence-corrected chi connectivity index (χ4v) is 6.91. The van der Waals surface area contributed by atoms with Gasteiger partial charge in [0.15, 0.2) is 0 Å². The summed E-state index contributed by atoms with van der Waals surface area (Å²) in [6.45, 7) is 6.55. The minimum Gasteiger partial charge on any atom is -0.461 e. The Hall–Kier alpha value is -4.89. The van der Waals surface area contributed by atoms with Crippen LogP contribution in [0, 0.1) is 17.6 Å². The van der Waals surface area contributed by atoms with E-state index in [-0.39, 0.29) is 43.8 Å². The number of rotatable bonds is 9. The van der Waals surface area contributed by atoms with Crippen molar-refractivity contribution in [3.63, 3.8) is 0 Å². The van der Waals surface area contributed by atoms with Gasteiger partial charge in [-0.1, -0.05) is 26.3 Å². The van der Waals surface area contributed by atoms with E-state index >= 15 is 0 Å². The highest BCUT2D eigenvalue weighted by molar-refractivity contribution is 5.98. The van der Waals surface area contributed by atoms with Crippen molar-refractivity contribution in [2.24, 2.45) is 5.92 Å². The average molecular weight is 745 g/mol. The molecule has 6 amide bonds. The molecule has 3 aliphatic heterocycles. The SMILES string of the molecule is CCCC(C)C=CC(=O)N[C@@H](Cc1cc(F)cc(F)c1)C(=O)N[C@H]1COC(=O)[C@@H]2CCCN2C(=O)[C@H](C)NC(=O)[C@H](C)N(C)C(=O)[C@@H]2CCCN2C1=O. The van der Waals surface area contributed by atoms with Gasteiger partial charge in [-0.2, -0.15) is 0 Å². The second kappa shape index (κ2) is 18.2. The molecule has 4 rings (SSSR count). The van der Waals surface area contributed by atoms with Gasteiger partial charge in [-0.15, -0.1) is 0 Å². The van der Waals surface area contributed by atoms with Crippen LogP contribution in [-0.4, -0.2) is 119 Å². The van der Waals surface area contributed by atoms with Crippen molar-refractivity contribution in [1.29, 1.82) is 0 Å². The summed E-state index contributed by atoms with van der Waals surface area (Å²) in [7, 11) is 1.42. The monoisotopic (exact) mass is 744 g/mol. The summed E-state index contributed by atoms with van der Waals surface area (Å²) >= 11 is 0. The molecule has 290 valence electrons. The van der Waals surface area contributed by atoms with Gasteiger partial charge >= 0.3 is 5.97 Å². The number of nitrogens with one attached hydrogen (secondary N) is 3. The third kappa shape index (κ3) is 10.4. The summed E-state index contributed by atoms with van der Waals surface area (Å²) in [4.78, 5) is 98.6. The van der Waals surface area contributed by atoms with E-state index in [9.17, 15) is 42.3 Å². The van der Waals surface area contributed by atoms with E-state index in [1.165, 1.54) is 41.7 Å². The number of cyclic esters (lactones) is 1. The average Bonchev–Trinajstić information content (AvgIpc) is 3.80. The van der Waals surface area contributed by atoms with E-state index in [4.69, 9.17) is 4.74 Å². The number of halogens is 2. The van der Waals surface area contributed by atoms with E-state index in [2.05, 4.69) is 16.0 Å². The molecule has 14 nitrogen and oxygen atoms in total. The molecule has 1 aromatic rings. The number of hydrogen-bond acceptors (Lipinski definition) is 8. The van der Waals surface area contributed by atoms with Crippen molar-refractivity contribution < 1.29 is 47.1 Å². The number of carbonyl (C=O) groups excluding carboxylic acids is 7. The first-order valence-electron chi connectivity index (χ1n) is 18.2. The summed E-state index contributed by atoms with van der Waals surface area (Å²) in [6.07, 6.45) is 5.68. The van der Waals surface area contributed by atoms with Gasteiger partial charge < -0.3 is 35.4 Å². The number of benzene rings is 1. The Bertz CT molecular complexity index is 1590. The lowest BCUT2D eigenvalue weighted by atomic mass is 10.0. The minimum atomic E-state index is -1.56. The smallest absolute Gasteiger partial charge is 0.328 e. The molecule has 3 aliphatic rings. The molecule has 0 bridgehead atoms. The molecule has 7 atom stereocenters. The van der Waals surface area contributed by atoms with E-state index in [0.717, 1.165) is 25.0 Å². The number of amides is 6. The van der Waals surface area contributed by atoms with Gasteiger partial charge in [-0.25, -0.2) is 13.6 Å². The summed E-state index contributed by atoms with van der Waals surface area (Å²) in [6, 6.07) is -4.38. The van der Waals surface area contributed by atoms with Crippen molar-refractivity contribution in [1.82, 2.24) is 30.7 Å². The zero-order valence-corrected chi connectivity index (χ0v) is 30.9. The Morgan fingerprint density at radius 3 is 2.23 bits per heavy atom. The van der Waals surface area contributed by atoms with Crippen LogP contribution < -0.4 is 16.0 Å². The van der Waals surface area contributed by atoms with Crippen molar-refractivity contribution >= 4 is 41.4 Å². The Morgan fingerprint density at radius 1 is 0.962 bits per heavy atom. The predicted octanol–water partition coefficient (Wildman–Crippen LogP) is 1.36. The lowest BCUT2D eigenvalue weighted by Crippen LogP contribution is -2.60. The van der Waals surface area contributed by atoms with Crippen LogP contribution in [0.1, 0.15) is 71.8 Å². The van der Waals surface area contributed by atoms with E-state index < -0.39 is 95.9 Å². The standard InChI is InChI=1S/C37H50F2N6O8/c1-6-9-21(2)12-13-31(46)41-27(18-24-16-25(38)19-26(39)17-24)33(48)42-28-20-53-37(52)30-11-8-15-45(30)34(49)22(3)40-32(47)23(4)43(5)36(51)29-10-7-14-44(29)35(28)50/h12-13,16-17,19,21-23,27-30H,6-11,14-15,18,20H2,1-5H3,(H,40,47)(H,41,46)(H,42,48)/t21?,22-,23-,27-,28-,29-,30-/m0/s1. The van der Waals surface area contributed by atoms with Gasteiger partial charge in [0.05, 0.1) is 0 Å². The molecule has 0 aliphatic carbocycles. The number of allylic oxidation sites excluding steroid dienone is 1. The Labute approximate surface area is 308 Å². The Kier molecular flexibility index (Phi) is 14.1. The van der Waals surface area contributed by atoms with Crippen molar-refractivity contribution in [3.8, 4) is 0 Å². The molecule has 0 spiro atoms. The molecule has 0 aromatic heterocycles. The lowest BCUT2D eigenvalue weighted by molar-refractivity contribution is -0.158. The maximum Gasteiger partial charge on any atom is 0.328 e. The molecule has 53 heavy (non-hydrogen) atoms. The first-order valence-corrected chi connectivity index (χ1v) is 18.2. The van der Waals surface area contributed by atoms with Crippen LogP contribution in [0.2, 0.25) is 0 Å². The van der Waals surface area contributed by atoms with E-state index in [1.54, 1.807) is 6.08 Å². The number of nitrogens with zero attached hydrogens (tertiary/aromatic N) is 3. The van der Waals surface area contributed by atoms with E-state index in [0.29, 0.717) is 18.9 Å². The van der Waals surface area contributed by atoms with Crippen LogP contribution in [0.3, 0.4) is 0 Å². The molecule has 3 fully saturated rings. The van der Waals surface area contributed by atoms with Crippen LogP contribution in [0.25, 0.3) is 0 Å². The largest absolute Gasteiger partial charge is 0.461 e. The van der Waals surface area contributed by atoms with Gasteiger partial charge in [0.25, 0.3) is 0 Å². The highest BCUT2D eigenvalue weighted by atomic mass is 19.1. The fourth-order valence-electron chi connectivity index (χ4n) is 6.91. The Morgan fingerprint density at radius 2 is 1.58 bits per heavy atom. The zero-order chi connectivity index (χ0) is 39.0. The second-order valence-corrected chi connectivity index (χ2v) is 14.1. The summed E-state index contributed by atoms with van der Waals surface area (Å²) in [5.41, 5.74) is 0.0497. The van der Waals surface area contributed by atoms with Gasteiger partial charge in [0, 0.05) is 32.6 Å². The summed E-state index contributed by atoms with van der Waals surface area (Å²) < 4.78 is 33.9. The third-order valence-electron chi connectivity index (χ3n) is 9.99. The first kappa shape index (κ1) is 40.9. The number of fused-ring (bicyclic) bond motifs is 2. The highest BCUT2D eigenvalue weighted by Crippen LogP contribution is 2.23. The minimum absolute atomic E-state index is 0.0497. The van der Waals surface area contributed by atoms with E-state index in [1.807, 2.05) is 13.8 Å². The molecule has 3 N–H and O–H groups in total. The molecule has 1 unspecified atom stereocenters. The number of esters is 1. The first-order chi connectivity index (χ1) is 25.1. The second-order valence-electron chi connectivity index (χ2n) is 14.1. The van der Waals surface area contributed by atoms with Gasteiger partial charge in [0.2, 0.25) is 35.4 Å². The van der Waals surface area contributed by atoms with Crippen LogP contribution in [-0.2, 0) is 44.7 Å². The number of carbonyl (C=O) groups is 7. The van der Waals surface area contributed by atoms with Crippen LogP contribution >= 0.6 is 0 Å². The van der Waals surface area contributed by atoms with Crippen molar-refractivity contribution in [2.75, 3.05) is 26.7 Å². The molecule has 0 radical (unpaired) electrons. The third-order valence-corrected chi connectivity index (χ3v) is 9.99. The van der Waals surface area contributed by atoms with Crippen molar-refractivity contribution in [3.05, 3.63) is 47.5 Å². The fraction of sp³-hybridized carbons (Fsp3) is 0.595. The molecule has 0 saturated carbocycles. The lowest BCUT2D eigenvalue weighted by Gasteiger charge is -2.34. The Balaban J connectivity index is 1.67. The number of hydrogen-bond donors (Lipinski definition) is 3. The van der Waals surface area contributed by atoms with Crippen LogP contribution in [0.5, 0.6) is 0 Å². The number of ether oxygens (including phenoxy) is 1. The summed E-state index contributed by atoms with van der Waals surface area (Å²) in [5, 5.41) is 7.74. The summed E-state index contributed by atoms with van der Waals surface area (Å²) in [5.74, 6) is -6.58. The predicted molar refractivity (Wildman–Crippen MR) is 187 cm³/mol. The maximum atomic E-state index is 14.2. The molecule has 16 heteroatoms. The van der Waals surface area contributed by atoms with Gasteiger partial charge in [-0.05, 0) is 75.6 Å². The van der Waals surface area contributed by atoms with Gasteiger partial charge in [0.1, 0.15) is 54.5 Å². The molecule has 3 saturated heterocycles. The zero-order valence-electron chi connectivity index (χ0n) is 30.9. The van der Waals surface area contributed by atoms with Crippen molar-refractivity contribution in [2.45, 2.75) is 109 Å². The normalized spacial score (nSPS) is 25.8. The maximum absolute atomic E-state index is 14.2. The molecule has 3 heterocycles. The van der Waals surface area contributed by atoms with Crippen LogP contribution in [0.4, 0.5) is 8.78 Å². The van der Waals surface area contributed by atoms with Gasteiger partial charge in [-0.3, -0.25) is 28.8 Å². The molecular weight excluding hydrogens is 694 g/mol. The highest BCUT2D eigenvalue weighted by Gasteiger charge is 2.43. The topological polar surface area (TPSA) is 175 Å². The van der Waals surface area contributed by atoms with Crippen LogP contribution in [0.15, 0.2) is 30.4 Å². The number of likely N-dealkylation sites (N-methyl/N-ethyl adjacent to an activating group) is 1. The quantitative estimate of drug-likeness (QED) is 0.251.